The second kappa shape index (κ2) is 7.75. The molecular formula is C22H23N3S. The number of imidazole rings is 1. The molecule has 0 aliphatic rings. The number of aromatic nitrogens is 2. The molecule has 0 fully saturated rings. The first kappa shape index (κ1) is 16.9. The van der Waals surface area contributed by atoms with Crippen molar-refractivity contribution in [3.05, 3.63) is 77.3 Å². The maximum absolute atomic E-state index is 4.87. The lowest BCUT2D eigenvalue weighted by molar-refractivity contribution is 0.761. The third-order valence-electron chi connectivity index (χ3n) is 4.56. The molecule has 0 spiro atoms. The van der Waals surface area contributed by atoms with E-state index in [1.165, 1.54) is 22.4 Å². The number of hydrogen-bond donors (Lipinski definition) is 1. The van der Waals surface area contributed by atoms with Crippen LogP contribution in [0, 0.1) is 6.92 Å². The van der Waals surface area contributed by atoms with Crippen LogP contribution in [-0.2, 0) is 6.42 Å². The van der Waals surface area contributed by atoms with Gasteiger partial charge in [0.05, 0.1) is 4.88 Å². The van der Waals surface area contributed by atoms with Crippen LogP contribution < -0.4 is 5.32 Å². The summed E-state index contributed by atoms with van der Waals surface area (Å²) in [6.07, 6.45) is 5.56. The summed E-state index contributed by atoms with van der Waals surface area (Å²) in [5.74, 6) is 1.10. The topological polar surface area (TPSA) is 29.3 Å². The lowest BCUT2D eigenvalue weighted by Crippen LogP contribution is -2.05. The molecule has 0 bridgehead atoms. The van der Waals surface area contributed by atoms with Crippen molar-refractivity contribution in [1.29, 1.82) is 0 Å². The Balaban J connectivity index is 1.47. The molecule has 3 nitrogen and oxygen atoms in total. The largest absolute Gasteiger partial charge is 0.369 e. The van der Waals surface area contributed by atoms with Gasteiger partial charge in [-0.2, -0.15) is 0 Å². The van der Waals surface area contributed by atoms with Crippen LogP contribution in [0.15, 0.2) is 66.2 Å². The van der Waals surface area contributed by atoms with E-state index in [4.69, 9.17) is 4.98 Å². The molecule has 4 rings (SSSR count). The second-order valence-corrected chi connectivity index (χ2v) is 7.54. The summed E-state index contributed by atoms with van der Waals surface area (Å²) in [6, 6.07) is 19.2. The van der Waals surface area contributed by atoms with Gasteiger partial charge in [0.25, 0.3) is 0 Å². The van der Waals surface area contributed by atoms with Crippen molar-refractivity contribution in [3.8, 4) is 10.6 Å². The fraction of sp³-hybridized carbons (Fsp3) is 0.227. The lowest BCUT2D eigenvalue weighted by atomic mass is 10.1. The number of hydrogen-bond acceptors (Lipinski definition) is 3. The van der Waals surface area contributed by atoms with Crippen LogP contribution in [0.4, 0.5) is 5.82 Å². The third kappa shape index (κ3) is 3.65. The van der Waals surface area contributed by atoms with Gasteiger partial charge in [-0.1, -0.05) is 36.4 Å². The van der Waals surface area contributed by atoms with Crippen LogP contribution in [0.5, 0.6) is 0 Å². The Morgan fingerprint density at radius 3 is 2.73 bits per heavy atom. The van der Waals surface area contributed by atoms with Crippen molar-refractivity contribution in [1.82, 2.24) is 9.38 Å². The number of pyridine rings is 1. The average Bonchev–Trinajstić information content (AvgIpc) is 3.30. The van der Waals surface area contributed by atoms with E-state index < -0.39 is 0 Å². The van der Waals surface area contributed by atoms with Crippen molar-refractivity contribution in [2.45, 2.75) is 26.2 Å². The normalized spacial score (nSPS) is 11.1. The minimum absolute atomic E-state index is 0.951. The molecule has 132 valence electrons. The third-order valence-corrected chi connectivity index (χ3v) is 5.44. The molecule has 0 atom stereocenters. The van der Waals surface area contributed by atoms with Crippen LogP contribution >= 0.6 is 11.3 Å². The predicted octanol–water partition coefficient (Wildman–Crippen LogP) is 5.81. The predicted molar refractivity (Wildman–Crippen MR) is 111 cm³/mol. The zero-order valence-corrected chi connectivity index (χ0v) is 15.8. The van der Waals surface area contributed by atoms with Gasteiger partial charge in [-0.15, -0.1) is 11.3 Å². The number of anilines is 1. The molecule has 0 saturated heterocycles. The summed E-state index contributed by atoms with van der Waals surface area (Å²) in [5, 5.41) is 5.74. The number of thiophene rings is 1. The van der Waals surface area contributed by atoms with E-state index in [0.29, 0.717) is 0 Å². The highest BCUT2D eigenvalue weighted by atomic mass is 32.1. The number of benzene rings is 1. The first-order valence-corrected chi connectivity index (χ1v) is 9.99. The molecule has 26 heavy (non-hydrogen) atoms. The molecular weight excluding hydrogens is 338 g/mol. The number of aryl methyl sites for hydroxylation is 2. The van der Waals surface area contributed by atoms with Crippen molar-refractivity contribution in [2.75, 3.05) is 11.9 Å². The van der Waals surface area contributed by atoms with Gasteiger partial charge in [-0.25, -0.2) is 4.98 Å². The molecule has 0 unspecified atom stereocenters. The summed E-state index contributed by atoms with van der Waals surface area (Å²) in [7, 11) is 0. The number of fused-ring (bicyclic) bond motifs is 1. The molecule has 3 heterocycles. The fourth-order valence-corrected chi connectivity index (χ4v) is 3.92. The maximum Gasteiger partial charge on any atom is 0.139 e. The Labute approximate surface area is 158 Å². The summed E-state index contributed by atoms with van der Waals surface area (Å²) < 4.78 is 2.17. The smallest absolute Gasteiger partial charge is 0.139 e. The average molecular weight is 362 g/mol. The van der Waals surface area contributed by atoms with Crippen molar-refractivity contribution >= 4 is 22.8 Å². The Hall–Kier alpha value is -2.59. The van der Waals surface area contributed by atoms with Crippen molar-refractivity contribution in [3.63, 3.8) is 0 Å². The summed E-state index contributed by atoms with van der Waals surface area (Å²) >= 11 is 1.73. The van der Waals surface area contributed by atoms with E-state index in [9.17, 15) is 0 Å². The van der Waals surface area contributed by atoms with Crippen LogP contribution in [-0.4, -0.2) is 15.9 Å². The number of nitrogens with zero attached hydrogens (tertiary/aromatic N) is 2. The SMILES string of the molecule is Cc1ccn2c(NCCCCc3ccccc3)c(-c3cccs3)nc2c1. The maximum atomic E-state index is 4.87. The second-order valence-electron chi connectivity index (χ2n) is 6.59. The van der Waals surface area contributed by atoms with Gasteiger partial charge in [0.2, 0.25) is 0 Å². The Kier molecular flexibility index (Phi) is 5.02. The van der Waals surface area contributed by atoms with E-state index in [1.54, 1.807) is 11.3 Å². The van der Waals surface area contributed by atoms with Gasteiger partial charge < -0.3 is 5.32 Å². The number of rotatable bonds is 7. The molecule has 0 aliphatic heterocycles. The minimum Gasteiger partial charge on any atom is -0.369 e. The highest BCUT2D eigenvalue weighted by molar-refractivity contribution is 7.13. The van der Waals surface area contributed by atoms with Crippen molar-refractivity contribution < 1.29 is 0 Å². The Morgan fingerprint density at radius 2 is 1.92 bits per heavy atom. The van der Waals surface area contributed by atoms with Crippen LogP contribution in [0.1, 0.15) is 24.0 Å². The molecule has 0 saturated carbocycles. The van der Waals surface area contributed by atoms with Gasteiger partial charge in [-0.05, 0) is 60.9 Å². The van der Waals surface area contributed by atoms with Crippen LogP contribution in [0.3, 0.4) is 0 Å². The quantitative estimate of drug-likeness (QED) is 0.421. The van der Waals surface area contributed by atoms with Crippen molar-refractivity contribution in [2.24, 2.45) is 0 Å². The van der Waals surface area contributed by atoms with E-state index >= 15 is 0 Å². The van der Waals surface area contributed by atoms with E-state index in [1.807, 2.05) is 0 Å². The Morgan fingerprint density at radius 1 is 1.04 bits per heavy atom. The lowest BCUT2D eigenvalue weighted by Gasteiger charge is -2.08. The molecule has 0 aliphatic carbocycles. The first-order valence-electron chi connectivity index (χ1n) is 9.11. The zero-order valence-electron chi connectivity index (χ0n) is 15.0. The number of nitrogens with one attached hydrogen (secondary N) is 1. The zero-order chi connectivity index (χ0) is 17.8. The molecule has 1 N–H and O–H groups in total. The first-order chi connectivity index (χ1) is 12.8. The van der Waals surface area contributed by atoms with E-state index in [2.05, 4.69) is 82.8 Å². The highest BCUT2D eigenvalue weighted by Gasteiger charge is 2.14. The van der Waals surface area contributed by atoms with Gasteiger partial charge in [0.15, 0.2) is 0 Å². The number of unbranched alkanes of at least 4 members (excludes halogenated alkanes) is 1. The van der Waals surface area contributed by atoms with Gasteiger partial charge in [0.1, 0.15) is 17.2 Å². The fourth-order valence-electron chi connectivity index (χ4n) is 3.21. The molecule has 3 aromatic heterocycles. The minimum atomic E-state index is 0.951. The molecule has 4 heteroatoms. The monoisotopic (exact) mass is 361 g/mol. The summed E-state index contributed by atoms with van der Waals surface area (Å²) in [5.41, 5.74) is 4.69. The standard InChI is InChI=1S/C22H23N3S/c1-17-12-14-25-20(16-17)24-21(19-11-7-15-26-19)22(25)23-13-6-5-10-18-8-3-2-4-9-18/h2-4,7-9,11-12,14-16,23H,5-6,10,13H2,1H3. The molecule has 0 radical (unpaired) electrons. The Bertz CT molecular complexity index is 971. The van der Waals surface area contributed by atoms with Gasteiger partial charge >= 0.3 is 0 Å². The van der Waals surface area contributed by atoms with Crippen LogP contribution in [0.2, 0.25) is 0 Å². The molecule has 0 amide bonds. The summed E-state index contributed by atoms with van der Waals surface area (Å²) in [4.78, 5) is 6.08. The van der Waals surface area contributed by atoms with Gasteiger partial charge in [-0.3, -0.25) is 4.40 Å². The van der Waals surface area contributed by atoms with E-state index in [0.717, 1.165) is 36.5 Å². The van der Waals surface area contributed by atoms with E-state index in [-0.39, 0.29) is 0 Å². The molecule has 4 aromatic rings. The highest BCUT2D eigenvalue weighted by Crippen LogP contribution is 2.32. The van der Waals surface area contributed by atoms with Gasteiger partial charge in [0, 0.05) is 12.7 Å². The van der Waals surface area contributed by atoms with Crippen LogP contribution in [0.25, 0.3) is 16.2 Å². The molecule has 1 aromatic carbocycles. The summed E-state index contributed by atoms with van der Waals surface area (Å²) in [6.45, 7) is 3.06.